The molecule has 3 amide bonds. The van der Waals surface area contributed by atoms with E-state index in [1.54, 1.807) is 36.2 Å². The number of halogens is 1. The van der Waals surface area contributed by atoms with Crippen molar-refractivity contribution in [1.29, 1.82) is 0 Å². The Labute approximate surface area is 127 Å². The van der Waals surface area contributed by atoms with E-state index < -0.39 is 6.10 Å². The lowest BCUT2D eigenvalue weighted by atomic mass is 10.0. The third-order valence-electron chi connectivity index (χ3n) is 4.24. The molecule has 7 heteroatoms. The maximum Gasteiger partial charge on any atom is 0.321 e. The number of carbonyl (C=O) groups is 2. The SMILES string of the molecule is CN1C(=O)[C@@H](O)[C@H]2CN(C(=O)Nc3ccccc3Cl)C[C@H]21. The summed E-state index contributed by atoms with van der Waals surface area (Å²) in [6.07, 6.45) is -1.02. The van der Waals surface area contributed by atoms with Crippen molar-refractivity contribution in [1.82, 2.24) is 9.80 Å². The van der Waals surface area contributed by atoms with E-state index in [1.165, 1.54) is 4.90 Å². The first kappa shape index (κ1) is 14.2. The average molecular weight is 310 g/mol. The summed E-state index contributed by atoms with van der Waals surface area (Å²) in [6, 6.07) is 6.61. The number of hydrogen-bond acceptors (Lipinski definition) is 3. The van der Waals surface area contributed by atoms with Crippen LogP contribution in [0.2, 0.25) is 5.02 Å². The van der Waals surface area contributed by atoms with Crippen molar-refractivity contribution in [2.45, 2.75) is 12.1 Å². The molecule has 3 atom stereocenters. The van der Waals surface area contributed by atoms with Crippen molar-refractivity contribution in [3.05, 3.63) is 29.3 Å². The largest absolute Gasteiger partial charge is 0.383 e. The number of carbonyl (C=O) groups excluding carboxylic acids is 2. The van der Waals surface area contributed by atoms with Gasteiger partial charge in [-0.15, -0.1) is 0 Å². The highest BCUT2D eigenvalue weighted by Crippen LogP contribution is 2.32. The number of nitrogens with zero attached hydrogens (tertiary/aromatic N) is 2. The van der Waals surface area contributed by atoms with E-state index in [0.29, 0.717) is 23.8 Å². The minimum absolute atomic E-state index is 0.121. The van der Waals surface area contributed by atoms with Crippen molar-refractivity contribution in [2.75, 3.05) is 25.5 Å². The maximum atomic E-state index is 12.3. The molecule has 0 aromatic heterocycles. The first-order valence-electron chi connectivity index (χ1n) is 6.74. The van der Waals surface area contributed by atoms with Gasteiger partial charge in [0.05, 0.1) is 16.8 Å². The van der Waals surface area contributed by atoms with Crippen molar-refractivity contribution in [2.24, 2.45) is 5.92 Å². The summed E-state index contributed by atoms with van der Waals surface area (Å²) in [6.45, 7) is 0.776. The Morgan fingerprint density at radius 3 is 2.76 bits per heavy atom. The normalized spacial score (nSPS) is 28.0. The second kappa shape index (κ2) is 5.20. The Kier molecular flexibility index (Phi) is 3.51. The van der Waals surface area contributed by atoms with Crippen LogP contribution in [0.5, 0.6) is 0 Å². The number of para-hydroxylation sites is 1. The third-order valence-corrected chi connectivity index (χ3v) is 4.57. The molecule has 2 N–H and O–H groups in total. The van der Waals surface area contributed by atoms with Crippen LogP contribution in [0.3, 0.4) is 0 Å². The molecular formula is C14H16ClN3O3. The molecule has 2 aliphatic rings. The van der Waals surface area contributed by atoms with Crippen molar-refractivity contribution >= 4 is 29.2 Å². The molecule has 0 radical (unpaired) electrons. The fourth-order valence-corrected chi connectivity index (χ4v) is 3.19. The van der Waals surface area contributed by atoms with Crippen LogP contribution in [0.25, 0.3) is 0 Å². The van der Waals surface area contributed by atoms with Crippen molar-refractivity contribution in [3.63, 3.8) is 0 Å². The first-order chi connectivity index (χ1) is 9.99. The van der Waals surface area contributed by atoms with Crippen LogP contribution >= 0.6 is 11.6 Å². The third kappa shape index (κ3) is 2.34. The second-order valence-corrected chi connectivity index (χ2v) is 5.85. The van der Waals surface area contributed by atoms with Gasteiger partial charge in [-0.05, 0) is 12.1 Å². The summed E-state index contributed by atoms with van der Waals surface area (Å²) in [5, 5.41) is 13.1. The first-order valence-corrected chi connectivity index (χ1v) is 7.12. The maximum absolute atomic E-state index is 12.3. The number of fused-ring (bicyclic) bond motifs is 1. The van der Waals surface area contributed by atoms with Crippen LogP contribution in [-0.4, -0.2) is 59.1 Å². The summed E-state index contributed by atoms with van der Waals surface area (Å²) in [7, 11) is 1.66. The van der Waals surface area contributed by atoms with Crippen LogP contribution in [0, 0.1) is 5.92 Å². The lowest BCUT2D eigenvalue weighted by molar-refractivity contribution is -0.135. The summed E-state index contributed by atoms with van der Waals surface area (Å²) >= 11 is 6.01. The van der Waals surface area contributed by atoms with Crippen LogP contribution in [-0.2, 0) is 4.79 Å². The molecule has 6 nitrogen and oxygen atoms in total. The highest BCUT2D eigenvalue weighted by molar-refractivity contribution is 6.33. The van der Waals surface area contributed by atoms with Gasteiger partial charge in [0.2, 0.25) is 0 Å². The van der Waals surface area contributed by atoms with E-state index in [0.717, 1.165) is 0 Å². The lowest BCUT2D eigenvalue weighted by Crippen LogP contribution is -2.40. The number of rotatable bonds is 1. The van der Waals surface area contributed by atoms with Gasteiger partial charge in [-0.2, -0.15) is 0 Å². The number of nitrogens with one attached hydrogen (secondary N) is 1. The molecule has 2 fully saturated rings. The Bertz CT molecular complexity index is 575. The highest BCUT2D eigenvalue weighted by atomic mass is 35.5. The zero-order valence-corrected chi connectivity index (χ0v) is 12.2. The second-order valence-electron chi connectivity index (χ2n) is 5.44. The van der Waals surface area contributed by atoms with E-state index >= 15 is 0 Å². The topological polar surface area (TPSA) is 72.9 Å². The van der Waals surface area contributed by atoms with Crippen LogP contribution in [0.15, 0.2) is 24.3 Å². The van der Waals surface area contributed by atoms with Gasteiger partial charge in [0.15, 0.2) is 0 Å². The van der Waals surface area contributed by atoms with E-state index in [4.69, 9.17) is 11.6 Å². The highest BCUT2D eigenvalue weighted by Gasteiger charge is 2.51. The molecular weight excluding hydrogens is 294 g/mol. The molecule has 1 aromatic carbocycles. The Morgan fingerprint density at radius 1 is 1.38 bits per heavy atom. The van der Waals surface area contributed by atoms with Gasteiger partial charge in [-0.1, -0.05) is 23.7 Å². The molecule has 112 valence electrons. The molecule has 0 unspecified atom stereocenters. The Morgan fingerprint density at radius 2 is 2.10 bits per heavy atom. The monoisotopic (exact) mass is 309 g/mol. The molecule has 0 bridgehead atoms. The number of amides is 3. The fourth-order valence-electron chi connectivity index (χ4n) is 3.01. The minimum Gasteiger partial charge on any atom is -0.383 e. The van der Waals surface area contributed by atoms with E-state index in [2.05, 4.69) is 5.32 Å². The molecule has 2 heterocycles. The average Bonchev–Trinajstić information content (AvgIpc) is 2.99. The number of urea groups is 1. The number of benzene rings is 1. The van der Waals surface area contributed by atoms with Gasteiger partial charge in [0, 0.05) is 26.1 Å². The van der Waals surface area contributed by atoms with Gasteiger partial charge in [-0.3, -0.25) is 4.79 Å². The minimum atomic E-state index is -1.02. The molecule has 2 saturated heterocycles. The van der Waals surface area contributed by atoms with Gasteiger partial charge in [0.1, 0.15) is 6.10 Å². The molecule has 0 spiro atoms. The van der Waals surface area contributed by atoms with Crippen LogP contribution in [0.4, 0.5) is 10.5 Å². The summed E-state index contributed by atoms with van der Waals surface area (Å²) in [5.74, 6) is -0.490. The van der Waals surface area contributed by atoms with E-state index in [1.807, 2.05) is 0 Å². The molecule has 1 aromatic rings. The number of likely N-dealkylation sites (N-methyl/N-ethyl adjacent to an activating group) is 1. The molecule has 21 heavy (non-hydrogen) atoms. The predicted octanol–water partition coefficient (Wildman–Crippen LogP) is 1.01. The number of hydrogen-bond donors (Lipinski definition) is 2. The molecule has 2 aliphatic heterocycles. The quantitative estimate of drug-likeness (QED) is 0.813. The smallest absolute Gasteiger partial charge is 0.321 e. The van der Waals surface area contributed by atoms with Gasteiger partial charge >= 0.3 is 6.03 Å². The van der Waals surface area contributed by atoms with Gasteiger partial charge < -0.3 is 20.2 Å². The predicted molar refractivity (Wildman–Crippen MR) is 78.1 cm³/mol. The summed E-state index contributed by atoms with van der Waals surface area (Å²) in [4.78, 5) is 27.1. The number of aliphatic hydroxyl groups excluding tert-OH is 1. The fraction of sp³-hybridized carbons (Fsp3) is 0.429. The Hall–Kier alpha value is -1.79. The zero-order chi connectivity index (χ0) is 15.1. The van der Waals surface area contributed by atoms with Gasteiger partial charge in [-0.25, -0.2) is 4.79 Å². The van der Waals surface area contributed by atoms with E-state index in [9.17, 15) is 14.7 Å². The standard InChI is InChI=1S/C14H16ClN3O3/c1-17-11-7-18(6-8(11)12(19)13(17)20)14(21)16-10-5-3-2-4-9(10)15/h2-5,8,11-12,19H,6-7H2,1H3,(H,16,21)/t8-,11+,12-/m0/s1. The number of anilines is 1. The molecule has 0 saturated carbocycles. The Balaban J connectivity index is 1.69. The molecule has 0 aliphatic carbocycles. The number of likely N-dealkylation sites (tertiary alicyclic amines) is 2. The summed E-state index contributed by atoms with van der Waals surface area (Å²) in [5.41, 5.74) is 0.547. The zero-order valence-electron chi connectivity index (χ0n) is 11.5. The van der Waals surface area contributed by atoms with Crippen LogP contribution < -0.4 is 5.32 Å². The summed E-state index contributed by atoms with van der Waals surface area (Å²) < 4.78 is 0. The van der Waals surface area contributed by atoms with E-state index in [-0.39, 0.29) is 23.9 Å². The van der Waals surface area contributed by atoms with Crippen molar-refractivity contribution < 1.29 is 14.7 Å². The van der Waals surface area contributed by atoms with Crippen LogP contribution in [0.1, 0.15) is 0 Å². The molecule has 3 rings (SSSR count). The number of aliphatic hydroxyl groups is 1. The lowest BCUT2D eigenvalue weighted by Gasteiger charge is -2.21. The van der Waals surface area contributed by atoms with Gasteiger partial charge in [0.25, 0.3) is 5.91 Å². The van der Waals surface area contributed by atoms with Crippen molar-refractivity contribution in [3.8, 4) is 0 Å².